The van der Waals surface area contributed by atoms with Gasteiger partial charge < -0.3 is 5.73 Å². The van der Waals surface area contributed by atoms with Gasteiger partial charge in [-0.1, -0.05) is 32.0 Å². The standard InChI is InChI=1S/C9H18N2O2S2/c1-2-7-15(12,13)11-9(8(10)14)5-3-4-6-9/h11H,2-7H2,1H3,(H2,10,14). The first kappa shape index (κ1) is 12.9. The highest BCUT2D eigenvalue weighted by Gasteiger charge is 2.39. The fraction of sp³-hybridized carbons (Fsp3) is 0.889. The molecule has 3 N–H and O–H groups in total. The molecule has 0 aromatic carbocycles. The Morgan fingerprint density at radius 2 is 2.00 bits per heavy atom. The van der Waals surface area contributed by atoms with E-state index in [1.165, 1.54) is 0 Å². The molecule has 88 valence electrons. The van der Waals surface area contributed by atoms with Crippen LogP contribution < -0.4 is 10.5 Å². The van der Waals surface area contributed by atoms with Gasteiger partial charge in [0.15, 0.2) is 0 Å². The van der Waals surface area contributed by atoms with E-state index >= 15 is 0 Å². The largest absolute Gasteiger partial charge is 0.392 e. The predicted molar refractivity (Wildman–Crippen MR) is 65.2 cm³/mol. The zero-order valence-corrected chi connectivity index (χ0v) is 10.6. The second-order valence-electron chi connectivity index (χ2n) is 4.07. The van der Waals surface area contributed by atoms with Crippen molar-refractivity contribution in [3.05, 3.63) is 0 Å². The van der Waals surface area contributed by atoms with Crippen LogP contribution >= 0.6 is 12.2 Å². The van der Waals surface area contributed by atoms with Crippen molar-refractivity contribution < 1.29 is 8.42 Å². The second-order valence-corrected chi connectivity index (χ2v) is 6.36. The predicted octanol–water partition coefficient (Wildman–Crippen LogP) is 0.915. The molecular weight excluding hydrogens is 232 g/mol. The van der Waals surface area contributed by atoms with Crippen LogP contribution in [0.15, 0.2) is 0 Å². The SMILES string of the molecule is CCCS(=O)(=O)NC1(C(N)=S)CCCC1. The summed E-state index contributed by atoms with van der Waals surface area (Å²) >= 11 is 4.97. The van der Waals surface area contributed by atoms with Gasteiger partial charge in [0.2, 0.25) is 10.0 Å². The maximum Gasteiger partial charge on any atom is 0.212 e. The third-order valence-electron chi connectivity index (χ3n) is 2.75. The molecule has 0 aromatic rings. The Balaban J connectivity index is 2.80. The van der Waals surface area contributed by atoms with Gasteiger partial charge in [-0.2, -0.15) is 0 Å². The number of hydrogen-bond acceptors (Lipinski definition) is 3. The van der Waals surface area contributed by atoms with E-state index in [-0.39, 0.29) is 10.7 Å². The van der Waals surface area contributed by atoms with E-state index in [1.54, 1.807) is 0 Å². The Morgan fingerprint density at radius 3 is 2.40 bits per heavy atom. The van der Waals surface area contributed by atoms with Gasteiger partial charge in [0.05, 0.1) is 16.3 Å². The van der Waals surface area contributed by atoms with Crippen molar-refractivity contribution >= 4 is 27.2 Å². The van der Waals surface area contributed by atoms with Crippen molar-refractivity contribution in [2.75, 3.05) is 5.75 Å². The van der Waals surface area contributed by atoms with Crippen LogP contribution in [-0.4, -0.2) is 24.7 Å². The van der Waals surface area contributed by atoms with Crippen molar-refractivity contribution in [3.8, 4) is 0 Å². The maximum absolute atomic E-state index is 11.7. The summed E-state index contributed by atoms with van der Waals surface area (Å²) in [5.74, 6) is 0.136. The number of hydrogen-bond donors (Lipinski definition) is 2. The third-order valence-corrected chi connectivity index (χ3v) is 4.79. The zero-order chi connectivity index (χ0) is 11.5. The molecule has 0 aliphatic heterocycles. The molecule has 0 unspecified atom stereocenters. The molecule has 1 saturated carbocycles. The van der Waals surface area contributed by atoms with Crippen molar-refractivity contribution in [1.29, 1.82) is 0 Å². The quantitative estimate of drug-likeness (QED) is 0.712. The summed E-state index contributed by atoms with van der Waals surface area (Å²) in [5, 5.41) is 0. The lowest BCUT2D eigenvalue weighted by atomic mass is 10.00. The van der Waals surface area contributed by atoms with E-state index in [4.69, 9.17) is 18.0 Å². The minimum atomic E-state index is -3.24. The molecule has 0 aromatic heterocycles. The monoisotopic (exact) mass is 250 g/mol. The summed E-state index contributed by atoms with van der Waals surface area (Å²) in [4.78, 5) is 0.277. The Hall–Kier alpha value is -0.200. The van der Waals surface area contributed by atoms with Crippen LogP contribution in [-0.2, 0) is 10.0 Å². The number of thiocarbonyl (C=S) groups is 1. The number of nitrogens with two attached hydrogens (primary N) is 1. The van der Waals surface area contributed by atoms with Crippen molar-refractivity contribution in [3.63, 3.8) is 0 Å². The Bertz CT molecular complexity index is 332. The summed E-state index contributed by atoms with van der Waals surface area (Å²) in [6.07, 6.45) is 4.01. The average molecular weight is 250 g/mol. The molecule has 0 atom stereocenters. The van der Waals surface area contributed by atoms with E-state index in [0.717, 1.165) is 25.7 Å². The minimum absolute atomic E-state index is 0.136. The lowest BCUT2D eigenvalue weighted by molar-refractivity contribution is 0.502. The first-order valence-electron chi connectivity index (χ1n) is 5.23. The van der Waals surface area contributed by atoms with Crippen LogP contribution in [0.5, 0.6) is 0 Å². The molecular formula is C9H18N2O2S2. The number of nitrogens with one attached hydrogen (secondary N) is 1. The maximum atomic E-state index is 11.7. The molecule has 0 amide bonds. The van der Waals surface area contributed by atoms with Gasteiger partial charge in [-0.05, 0) is 19.3 Å². The fourth-order valence-electron chi connectivity index (χ4n) is 1.99. The van der Waals surface area contributed by atoms with Crippen LogP contribution in [0.4, 0.5) is 0 Å². The first-order chi connectivity index (χ1) is 6.92. The summed E-state index contributed by atoms with van der Waals surface area (Å²) in [6.45, 7) is 1.83. The highest BCUT2D eigenvalue weighted by atomic mass is 32.2. The van der Waals surface area contributed by atoms with Gasteiger partial charge in [0.25, 0.3) is 0 Å². The second kappa shape index (κ2) is 4.76. The van der Waals surface area contributed by atoms with Crippen molar-refractivity contribution in [1.82, 2.24) is 4.72 Å². The molecule has 1 aliphatic rings. The summed E-state index contributed by atoms with van der Waals surface area (Å²) < 4.78 is 26.0. The molecule has 6 heteroatoms. The van der Waals surface area contributed by atoms with Gasteiger partial charge in [-0.3, -0.25) is 0 Å². The Kier molecular flexibility index (Phi) is 4.08. The van der Waals surface area contributed by atoms with Gasteiger partial charge in [0, 0.05) is 0 Å². The lowest BCUT2D eigenvalue weighted by Gasteiger charge is -2.28. The molecule has 0 radical (unpaired) electrons. The smallest absolute Gasteiger partial charge is 0.212 e. The molecule has 1 aliphatic carbocycles. The average Bonchev–Trinajstić information content (AvgIpc) is 2.52. The van der Waals surface area contributed by atoms with E-state index in [0.29, 0.717) is 6.42 Å². The number of rotatable bonds is 5. The van der Waals surface area contributed by atoms with E-state index < -0.39 is 15.6 Å². The van der Waals surface area contributed by atoms with E-state index in [2.05, 4.69) is 4.72 Å². The molecule has 1 fully saturated rings. The van der Waals surface area contributed by atoms with E-state index in [1.807, 2.05) is 6.92 Å². The van der Waals surface area contributed by atoms with Crippen LogP contribution in [0.25, 0.3) is 0 Å². The van der Waals surface area contributed by atoms with Gasteiger partial charge in [-0.25, -0.2) is 13.1 Å². The molecule has 0 spiro atoms. The van der Waals surface area contributed by atoms with Gasteiger partial charge in [-0.15, -0.1) is 0 Å². The Morgan fingerprint density at radius 1 is 1.47 bits per heavy atom. The van der Waals surface area contributed by atoms with Crippen LogP contribution in [0.3, 0.4) is 0 Å². The van der Waals surface area contributed by atoms with Crippen LogP contribution in [0, 0.1) is 0 Å². The van der Waals surface area contributed by atoms with Gasteiger partial charge >= 0.3 is 0 Å². The zero-order valence-electron chi connectivity index (χ0n) is 8.95. The third kappa shape index (κ3) is 3.12. The van der Waals surface area contributed by atoms with Crippen molar-refractivity contribution in [2.24, 2.45) is 5.73 Å². The molecule has 0 bridgehead atoms. The number of sulfonamides is 1. The van der Waals surface area contributed by atoms with Crippen molar-refractivity contribution in [2.45, 2.75) is 44.6 Å². The minimum Gasteiger partial charge on any atom is -0.392 e. The topological polar surface area (TPSA) is 72.2 Å². The van der Waals surface area contributed by atoms with Crippen LogP contribution in [0.2, 0.25) is 0 Å². The normalized spacial score (nSPS) is 20.3. The van der Waals surface area contributed by atoms with E-state index in [9.17, 15) is 8.42 Å². The molecule has 0 heterocycles. The summed E-state index contributed by atoms with van der Waals surface area (Å²) in [6, 6.07) is 0. The summed E-state index contributed by atoms with van der Waals surface area (Å²) in [5.41, 5.74) is 4.99. The highest BCUT2D eigenvalue weighted by molar-refractivity contribution is 7.89. The summed E-state index contributed by atoms with van der Waals surface area (Å²) in [7, 11) is -3.24. The van der Waals surface area contributed by atoms with Gasteiger partial charge in [0.1, 0.15) is 0 Å². The molecule has 1 rings (SSSR count). The first-order valence-corrected chi connectivity index (χ1v) is 7.29. The lowest BCUT2D eigenvalue weighted by Crippen LogP contribution is -2.55. The molecule has 0 saturated heterocycles. The molecule has 4 nitrogen and oxygen atoms in total. The highest BCUT2D eigenvalue weighted by Crippen LogP contribution is 2.30. The van der Waals surface area contributed by atoms with Crippen LogP contribution in [0.1, 0.15) is 39.0 Å². The fourth-order valence-corrected chi connectivity index (χ4v) is 3.86. The molecule has 15 heavy (non-hydrogen) atoms. The Labute approximate surface area is 96.7 Å².